The van der Waals surface area contributed by atoms with Crippen LogP contribution in [0.3, 0.4) is 0 Å². The molecule has 1 aromatic heterocycles. The topological polar surface area (TPSA) is 38.9 Å². The van der Waals surface area contributed by atoms with Crippen molar-refractivity contribution >= 4 is 40.8 Å². The van der Waals surface area contributed by atoms with Crippen LogP contribution in [0.25, 0.3) is 10.9 Å². The number of aryl methyl sites for hydroxylation is 1. The molecule has 0 amide bonds. The maximum atomic E-state index is 6.17. The van der Waals surface area contributed by atoms with Gasteiger partial charge in [-0.25, -0.2) is 0 Å². The van der Waals surface area contributed by atoms with E-state index >= 15 is 0 Å². The highest BCUT2D eigenvalue weighted by molar-refractivity contribution is 7.79. The fourth-order valence-electron chi connectivity index (χ4n) is 2.04. The quantitative estimate of drug-likeness (QED) is 0.813. The van der Waals surface area contributed by atoms with Gasteiger partial charge < -0.3 is 5.73 Å². The summed E-state index contributed by atoms with van der Waals surface area (Å²) in [4.78, 5) is 4.62. The summed E-state index contributed by atoms with van der Waals surface area (Å²) in [6.45, 7) is 4.20. The average molecular weight is 283 g/mol. The van der Waals surface area contributed by atoms with E-state index in [0.29, 0.717) is 5.02 Å². The Kier molecular flexibility index (Phi) is 5.76. The van der Waals surface area contributed by atoms with Crippen molar-refractivity contribution in [1.29, 1.82) is 0 Å². The minimum Gasteiger partial charge on any atom is -0.398 e. The maximum Gasteiger partial charge on any atom is 0.0741 e. The molecule has 0 bridgehead atoms. The fourth-order valence-corrected chi connectivity index (χ4v) is 2.21. The maximum absolute atomic E-state index is 6.17. The van der Waals surface area contributed by atoms with E-state index in [4.69, 9.17) is 17.3 Å². The van der Waals surface area contributed by atoms with Gasteiger partial charge in [-0.3, -0.25) is 4.98 Å². The van der Waals surface area contributed by atoms with E-state index < -0.39 is 0 Å². The van der Waals surface area contributed by atoms with E-state index in [1.807, 2.05) is 18.2 Å². The summed E-state index contributed by atoms with van der Waals surface area (Å²) < 4.78 is 0. The highest BCUT2D eigenvalue weighted by atomic mass is 35.5. The molecule has 1 heterocycles. The van der Waals surface area contributed by atoms with Gasteiger partial charge >= 0.3 is 0 Å². The zero-order chi connectivity index (χ0) is 13.7. The number of benzene rings is 1. The monoisotopic (exact) mass is 282 g/mol. The van der Waals surface area contributed by atoms with Crippen LogP contribution in [0.2, 0.25) is 5.02 Å². The molecule has 0 aliphatic carbocycles. The number of rotatable bonds is 2. The van der Waals surface area contributed by atoms with Gasteiger partial charge in [-0.1, -0.05) is 25.4 Å². The van der Waals surface area contributed by atoms with E-state index in [9.17, 15) is 0 Å². The number of aromatic nitrogens is 1. The van der Waals surface area contributed by atoms with E-state index in [2.05, 4.69) is 31.5 Å². The molecule has 18 heavy (non-hydrogen) atoms. The lowest BCUT2D eigenvalue weighted by Crippen LogP contribution is -2.02. The molecule has 0 saturated carbocycles. The first-order valence-electron chi connectivity index (χ1n) is 5.98. The van der Waals surface area contributed by atoms with Gasteiger partial charge in [0.05, 0.1) is 5.52 Å². The SMILES string of the molecule is CCc1nc2cc(Cl)ccc2c(N)c1CC.CS. The molecule has 2 N–H and O–H groups in total. The Morgan fingerprint density at radius 1 is 1.22 bits per heavy atom. The van der Waals surface area contributed by atoms with Crippen LogP contribution in [0.4, 0.5) is 5.69 Å². The van der Waals surface area contributed by atoms with Crippen molar-refractivity contribution in [2.45, 2.75) is 26.7 Å². The molecule has 0 radical (unpaired) electrons. The van der Waals surface area contributed by atoms with Crippen molar-refractivity contribution < 1.29 is 0 Å². The van der Waals surface area contributed by atoms with Crippen molar-refractivity contribution in [2.75, 3.05) is 12.0 Å². The largest absolute Gasteiger partial charge is 0.398 e. The molecule has 2 nitrogen and oxygen atoms in total. The number of hydrogen-bond donors (Lipinski definition) is 2. The predicted molar refractivity (Wildman–Crippen MR) is 84.8 cm³/mol. The third-order valence-corrected chi connectivity index (χ3v) is 3.10. The number of thiol groups is 1. The second-order valence-electron chi connectivity index (χ2n) is 3.82. The molecule has 0 aliphatic heterocycles. The zero-order valence-electron chi connectivity index (χ0n) is 11.0. The van der Waals surface area contributed by atoms with Crippen LogP contribution in [0.15, 0.2) is 18.2 Å². The smallest absolute Gasteiger partial charge is 0.0741 e. The molecule has 0 spiro atoms. The van der Waals surface area contributed by atoms with Gasteiger partial charge in [-0.05, 0) is 42.9 Å². The first kappa shape index (κ1) is 15.1. The second kappa shape index (κ2) is 6.86. The molecule has 0 aliphatic rings. The van der Waals surface area contributed by atoms with Gasteiger partial charge in [0.15, 0.2) is 0 Å². The Labute approximate surface area is 119 Å². The lowest BCUT2D eigenvalue weighted by Gasteiger charge is -2.12. The number of fused-ring (bicyclic) bond motifs is 1. The zero-order valence-corrected chi connectivity index (χ0v) is 12.6. The fraction of sp³-hybridized carbons (Fsp3) is 0.357. The molecule has 98 valence electrons. The molecule has 0 saturated heterocycles. The number of halogens is 1. The van der Waals surface area contributed by atoms with Crippen LogP contribution in [0, 0.1) is 0 Å². The number of anilines is 1. The molecule has 1 aromatic carbocycles. The average Bonchev–Trinajstić information content (AvgIpc) is 2.40. The number of nitrogens with zero attached hydrogens (tertiary/aromatic N) is 1. The first-order chi connectivity index (χ1) is 8.67. The third-order valence-electron chi connectivity index (χ3n) is 2.87. The molecule has 2 rings (SSSR count). The van der Waals surface area contributed by atoms with Crippen LogP contribution in [0.1, 0.15) is 25.1 Å². The van der Waals surface area contributed by atoms with Gasteiger partial charge in [-0.15, -0.1) is 0 Å². The van der Waals surface area contributed by atoms with Gasteiger partial charge in [-0.2, -0.15) is 12.6 Å². The van der Waals surface area contributed by atoms with Gasteiger partial charge in [0, 0.05) is 21.8 Å². The highest BCUT2D eigenvalue weighted by Crippen LogP contribution is 2.28. The summed E-state index contributed by atoms with van der Waals surface area (Å²) >= 11 is 9.49. The normalized spacial score (nSPS) is 10.1. The Morgan fingerprint density at radius 2 is 1.89 bits per heavy atom. The van der Waals surface area contributed by atoms with Crippen LogP contribution >= 0.6 is 24.2 Å². The second-order valence-corrected chi connectivity index (χ2v) is 4.26. The molecular weight excluding hydrogens is 264 g/mol. The summed E-state index contributed by atoms with van der Waals surface area (Å²) in [5.74, 6) is 0. The van der Waals surface area contributed by atoms with Crippen molar-refractivity contribution in [2.24, 2.45) is 0 Å². The molecular formula is C14H19ClN2S. The Bertz CT molecular complexity index is 541. The first-order valence-corrected chi connectivity index (χ1v) is 7.25. The van der Waals surface area contributed by atoms with Crippen molar-refractivity contribution in [1.82, 2.24) is 4.98 Å². The Morgan fingerprint density at radius 3 is 2.44 bits per heavy atom. The van der Waals surface area contributed by atoms with E-state index in [-0.39, 0.29) is 0 Å². The van der Waals surface area contributed by atoms with Gasteiger partial charge in [0.25, 0.3) is 0 Å². The molecule has 0 unspecified atom stereocenters. The summed E-state index contributed by atoms with van der Waals surface area (Å²) in [6, 6.07) is 5.66. The third kappa shape index (κ3) is 2.90. The molecule has 0 atom stereocenters. The van der Waals surface area contributed by atoms with Crippen molar-refractivity contribution in [3.63, 3.8) is 0 Å². The summed E-state index contributed by atoms with van der Waals surface area (Å²) in [5.41, 5.74) is 10.2. The number of nitrogen functional groups attached to an aromatic ring is 1. The molecule has 4 heteroatoms. The Balaban J connectivity index is 0.000000771. The Hall–Kier alpha value is -0.930. The minimum atomic E-state index is 0.700. The highest BCUT2D eigenvalue weighted by Gasteiger charge is 2.10. The summed E-state index contributed by atoms with van der Waals surface area (Å²) in [7, 11) is 0. The number of nitrogens with two attached hydrogens (primary N) is 1. The van der Waals surface area contributed by atoms with E-state index in [0.717, 1.165) is 40.7 Å². The van der Waals surface area contributed by atoms with Crippen molar-refractivity contribution in [3.05, 3.63) is 34.5 Å². The summed E-state index contributed by atoms with van der Waals surface area (Å²) in [6.07, 6.45) is 3.51. The van der Waals surface area contributed by atoms with Gasteiger partial charge in [0.1, 0.15) is 0 Å². The predicted octanol–water partition coefficient (Wildman–Crippen LogP) is 4.14. The van der Waals surface area contributed by atoms with Crippen LogP contribution in [-0.4, -0.2) is 11.2 Å². The molecule has 2 aromatic rings. The van der Waals surface area contributed by atoms with Crippen LogP contribution < -0.4 is 5.73 Å². The van der Waals surface area contributed by atoms with E-state index in [1.165, 1.54) is 0 Å². The van der Waals surface area contributed by atoms with Crippen molar-refractivity contribution in [3.8, 4) is 0 Å². The lowest BCUT2D eigenvalue weighted by molar-refractivity contribution is 0.985. The standard InChI is InChI=1S/C13H15ClN2.CH4S/c1-3-9-11(4-2)16-12-7-8(14)5-6-10(12)13(9)15;1-2/h5-7H,3-4H2,1-2H3,(H2,15,16);2H,1H3. The van der Waals surface area contributed by atoms with Crippen LogP contribution in [0.5, 0.6) is 0 Å². The van der Waals surface area contributed by atoms with Gasteiger partial charge in [0.2, 0.25) is 0 Å². The number of pyridine rings is 1. The molecule has 0 fully saturated rings. The lowest BCUT2D eigenvalue weighted by atomic mass is 10.0. The van der Waals surface area contributed by atoms with Crippen LogP contribution in [-0.2, 0) is 12.8 Å². The van der Waals surface area contributed by atoms with E-state index in [1.54, 1.807) is 6.26 Å². The minimum absolute atomic E-state index is 0.700. The number of hydrogen-bond acceptors (Lipinski definition) is 3. The summed E-state index contributed by atoms with van der Waals surface area (Å²) in [5, 5.41) is 1.70.